The van der Waals surface area contributed by atoms with Crippen molar-refractivity contribution >= 4 is 5.69 Å². The number of para-hydroxylation sites is 1. The molecule has 1 aliphatic heterocycles. The molecule has 2 rings (SSSR count). The average Bonchev–Trinajstić information content (AvgIpc) is 2.41. The van der Waals surface area contributed by atoms with Crippen LogP contribution in [0.25, 0.3) is 0 Å². The monoisotopic (exact) mass is 269 g/mol. The van der Waals surface area contributed by atoms with Gasteiger partial charge in [-0.15, -0.1) is 0 Å². The minimum Gasteiger partial charge on any atom is -0.389 e. The second kappa shape index (κ2) is 6.81. The largest absolute Gasteiger partial charge is 0.389 e. The van der Waals surface area contributed by atoms with Gasteiger partial charge in [-0.2, -0.15) is 0 Å². The number of nitrogens with zero attached hydrogens (tertiary/aromatic N) is 2. The Morgan fingerprint density at radius 3 is 2.58 bits per heavy atom. The maximum absolute atomic E-state index is 13.7. The molecule has 0 saturated carbocycles. The minimum atomic E-state index is -0.579. The van der Waals surface area contributed by atoms with Crippen LogP contribution < -0.4 is 10.8 Å². The van der Waals surface area contributed by atoms with Crippen LogP contribution >= 0.6 is 0 Å². The molecule has 1 heterocycles. The fourth-order valence-corrected chi connectivity index (χ4v) is 2.34. The van der Waals surface area contributed by atoms with E-state index in [1.165, 1.54) is 6.07 Å². The number of halogens is 1. The Hall–Kier alpha value is -1.21. The van der Waals surface area contributed by atoms with Gasteiger partial charge in [-0.25, -0.2) is 10.3 Å². The third kappa shape index (κ3) is 3.87. The lowest BCUT2D eigenvalue weighted by Crippen LogP contribution is -2.49. The van der Waals surface area contributed by atoms with E-state index in [4.69, 9.17) is 5.90 Å². The quantitative estimate of drug-likeness (QED) is 0.748. The Kier molecular flexibility index (Phi) is 5.09. The van der Waals surface area contributed by atoms with Crippen molar-refractivity contribution in [2.45, 2.75) is 6.10 Å². The zero-order valence-electron chi connectivity index (χ0n) is 10.8. The first kappa shape index (κ1) is 14.2. The molecule has 0 radical (unpaired) electrons. The number of β-amino-alcohol motifs (C(OH)–C–C–N with tert-alkyl or cyclic N) is 1. The SMILES string of the molecule is NOCC(O)CN1CCN(c2ccccc2F)CC1. The zero-order chi connectivity index (χ0) is 13.7. The second-order valence-electron chi connectivity index (χ2n) is 4.73. The number of hydrogen-bond donors (Lipinski definition) is 2. The molecule has 5 nitrogen and oxygen atoms in total. The summed E-state index contributed by atoms with van der Waals surface area (Å²) in [7, 11) is 0. The van der Waals surface area contributed by atoms with Gasteiger partial charge in [0.05, 0.1) is 18.4 Å². The zero-order valence-corrected chi connectivity index (χ0v) is 10.8. The molecule has 1 aromatic rings. The van der Waals surface area contributed by atoms with Gasteiger partial charge >= 0.3 is 0 Å². The minimum absolute atomic E-state index is 0.132. The van der Waals surface area contributed by atoms with Crippen molar-refractivity contribution in [2.24, 2.45) is 5.90 Å². The van der Waals surface area contributed by atoms with Crippen LogP contribution in [0.5, 0.6) is 0 Å². The van der Waals surface area contributed by atoms with Crippen LogP contribution in [-0.4, -0.2) is 55.4 Å². The molecule has 0 aromatic heterocycles. The van der Waals surface area contributed by atoms with E-state index in [9.17, 15) is 9.50 Å². The van der Waals surface area contributed by atoms with Crippen molar-refractivity contribution in [3.8, 4) is 0 Å². The number of aliphatic hydroxyl groups excluding tert-OH is 1. The number of nitrogens with two attached hydrogens (primary N) is 1. The molecule has 1 unspecified atom stereocenters. The molecule has 0 spiro atoms. The number of benzene rings is 1. The summed E-state index contributed by atoms with van der Waals surface area (Å²) in [6.07, 6.45) is -0.579. The molecular formula is C13H20FN3O2. The lowest BCUT2D eigenvalue weighted by atomic mass is 10.2. The molecule has 0 bridgehead atoms. The molecule has 1 atom stereocenters. The van der Waals surface area contributed by atoms with E-state index in [-0.39, 0.29) is 12.4 Å². The summed E-state index contributed by atoms with van der Waals surface area (Å²) in [4.78, 5) is 8.57. The van der Waals surface area contributed by atoms with Crippen LogP contribution in [0, 0.1) is 5.82 Å². The van der Waals surface area contributed by atoms with Crippen molar-refractivity contribution in [1.82, 2.24) is 4.90 Å². The summed E-state index contributed by atoms with van der Waals surface area (Å²) in [5.41, 5.74) is 0.646. The van der Waals surface area contributed by atoms with E-state index >= 15 is 0 Å². The maximum atomic E-state index is 13.7. The first-order valence-corrected chi connectivity index (χ1v) is 6.42. The van der Waals surface area contributed by atoms with E-state index in [0.29, 0.717) is 12.2 Å². The topological polar surface area (TPSA) is 62.0 Å². The Morgan fingerprint density at radius 1 is 1.26 bits per heavy atom. The first-order chi connectivity index (χ1) is 9.20. The summed E-state index contributed by atoms with van der Waals surface area (Å²) in [5.74, 6) is 4.73. The lowest BCUT2D eigenvalue weighted by molar-refractivity contribution is 0.0153. The molecular weight excluding hydrogens is 249 g/mol. The van der Waals surface area contributed by atoms with Gasteiger partial charge in [0.25, 0.3) is 0 Å². The molecule has 0 amide bonds. The predicted molar refractivity (Wildman–Crippen MR) is 71.2 cm³/mol. The van der Waals surface area contributed by atoms with Gasteiger partial charge in [0.15, 0.2) is 0 Å². The van der Waals surface area contributed by atoms with Crippen LogP contribution in [-0.2, 0) is 4.84 Å². The van der Waals surface area contributed by atoms with Crippen LogP contribution in [0.1, 0.15) is 0 Å². The fraction of sp³-hybridized carbons (Fsp3) is 0.538. The number of rotatable bonds is 5. The third-order valence-corrected chi connectivity index (χ3v) is 3.32. The van der Waals surface area contributed by atoms with E-state index < -0.39 is 6.10 Å². The molecule has 1 fully saturated rings. The standard InChI is InChI=1S/C13H20FN3O2/c14-12-3-1-2-4-13(12)17-7-5-16(6-8-17)9-11(18)10-19-15/h1-4,11,18H,5-10,15H2. The number of aliphatic hydroxyl groups is 1. The Morgan fingerprint density at radius 2 is 1.95 bits per heavy atom. The third-order valence-electron chi connectivity index (χ3n) is 3.32. The van der Waals surface area contributed by atoms with Crippen LogP contribution in [0.2, 0.25) is 0 Å². The maximum Gasteiger partial charge on any atom is 0.146 e. The Labute approximate surface area is 112 Å². The fourth-order valence-electron chi connectivity index (χ4n) is 2.34. The van der Waals surface area contributed by atoms with Crippen molar-refractivity contribution in [3.63, 3.8) is 0 Å². The van der Waals surface area contributed by atoms with Gasteiger partial charge in [0, 0.05) is 32.7 Å². The second-order valence-corrected chi connectivity index (χ2v) is 4.73. The molecule has 6 heteroatoms. The molecule has 19 heavy (non-hydrogen) atoms. The predicted octanol–water partition coefficient (Wildman–Crippen LogP) is 0.199. The summed E-state index contributed by atoms with van der Waals surface area (Å²) in [6.45, 7) is 3.73. The lowest BCUT2D eigenvalue weighted by Gasteiger charge is -2.36. The van der Waals surface area contributed by atoms with Gasteiger partial charge in [0.2, 0.25) is 0 Å². The van der Waals surface area contributed by atoms with E-state index in [1.807, 2.05) is 11.0 Å². The average molecular weight is 269 g/mol. The smallest absolute Gasteiger partial charge is 0.146 e. The van der Waals surface area contributed by atoms with E-state index in [2.05, 4.69) is 9.74 Å². The van der Waals surface area contributed by atoms with Gasteiger partial charge in [-0.1, -0.05) is 12.1 Å². The summed E-state index contributed by atoms with van der Waals surface area (Å²) >= 11 is 0. The highest BCUT2D eigenvalue weighted by Gasteiger charge is 2.20. The van der Waals surface area contributed by atoms with E-state index in [1.54, 1.807) is 12.1 Å². The van der Waals surface area contributed by atoms with E-state index in [0.717, 1.165) is 26.2 Å². The number of hydrogen-bond acceptors (Lipinski definition) is 5. The highest BCUT2D eigenvalue weighted by atomic mass is 19.1. The van der Waals surface area contributed by atoms with Crippen LogP contribution in [0.3, 0.4) is 0 Å². The molecule has 1 aliphatic rings. The van der Waals surface area contributed by atoms with Gasteiger partial charge in [-0.05, 0) is 12.1 Å². The molecule has 1 saturated heterocycles. The highest BCUT2D eigenvalue weighted by molar-refractivity contribution is 5.47. The Bertz CT molecular complexity index is 397. The van der Waals surface area contributed by atoms with Crippen molar-refractivity contribution in [3.05, 3.63) is 30.1 Å². The summed E-state index contributed by atoms with van der Waals surface area (Å²) in [5, 5.41) is 9.61. The van der Waals surface area contributed by atoms with Gasteiger partial charge < -0.3 is 14.8 Å². The molecule has 106 valence electrons. The van der Waals surface area contributed by atoms with Crippen LogP contribution in [0.4, 0.5) is 10.1 Å². The van der Waals surface area contributed by atoms with Gasteiger partial charge in [0.1, 0.15) is 5.82 Å². The molecule has 3 N–H and O–H groups in total. The highest BCUT2D eigenvalue weighted by Crippen LogP contribution is 2.20. The first-order valence-electron chi connectivity index (χ1n) is 6.42. The summed E-state index contributed by atoms with van der Waals surface area (Å²) < 4.78 is 13.7. The summed E-state index contributed by atoms with van der Waals surface area (Å²) in [6, 6.07) is 6.80. The number of anilines is 1. The van der Waals surface area contributed by atoms with Crippen molar-refractivity contribution in [1.29, 1.82) is 0 Å². The normalized spacial score (nSPS) is 18.6. The molecule has 0 aliphatic carbocycles. The Balaban J connectivity index is 1.84. The van der Waals surface area contributed by atoms with Crippen molar-refractivity contribution < 1.29 is 14.3 Å². The number of piperazine rings is 1. The van der Waals surface area contributed by atoms with Crippen molar-refractivity contribution in [2.75, 3.05) is 44.2 Å². The van der Waals surface area contributed by atoms with Gasteiger partial charge in [-0.3, -0.25) is 4.90 Å². The van der Waals surface area contributed by atoms with Crippen LogP contribution in [0.15, 0.2) is 24.3 Å². The molecule has 1 aromatic carbocycles.